The van der Waals surface area contributed by atoms with Gasteiger partial charge in [0.1, 0.15) is 5.75 Å². The molecule has 2 fully saturated rings. The minimum Gasteiger partial charge on any atom is -0.497 e. The van der Waals surface area contributed by atoms with Gasteiger partial charge in [-0.2, -0.15) is 4.98 Å². The van der Waals surface area contributed by atoms with Gasteiger partial charge in [-0.1, -0.05) is 5.16 Å². The largest absolute Gasteiger partial charge is 0.497 e. The van der Waals surface area contributed by atoms with E-state index in [0.717, 1.165) is 63.2 Å². The highest BCUT2D eigenvalue weighted by Crippen LogP contribution is 2.23. The zero-order valence-electron chi connectivity index (χ0n) is 15.9. The van der Waals surface area contributed by atoms with Crippen LogP contribution in [0.3, 0.4) is 0 Å². The molecule has 146 valence electrons. The van der Waals surface area contributed by atoms with E-state index in [9.17, 15) is 5.11 Å². The van der Waals surface area contributed by atoms with Crippen molar-refractivity contribution in [3.63, 3.8) is 0 Å². The van der Waals surface area contributed by atoms with E-state index in [4.69, 9.17) is 9.26 Å². The van der Waals surface area contributed by atoms with Crippen molar-refractivity contribution in [2.75, 3.05) is 33.3 Å². The smallest absolute Gasteiger partial charge is 0.241 e. The fourth-order valence-electron chi connectivity index (χ4n) is 4.13. The zero-order valence-corrected chi connectivity index (χ0v) is 15.9. The standard InChI is InChI=1S/C20H28N4O3/c1-26-18-6-4-15(5-7-18)20-21-19(27-22-20)14-23-11-8-16(9-12-23)24-10-2-3-17(25)13-24/h4-7,16-17,25H,2-3,8-14H2,1H3. The predicted molar refractivity (Wildman–Crippen MR) is 101 cm³/mol. The monoisotopic (exact) mass is 372 g/mol. The quantitative estimate of drug-likeness (QED) is 0.862. The van der Waals surface area contributed by atoms with Crippen LogP contribution in [0.1, 0.15) is 31.6 Å². The van der Waals surface area contributed by atoms with Crippen molar-refractivity contribution in [1.29, 1.82) is 0 Å². The van der Waals surface area contributed by atoms with E-state index in [-0.39, 0.29) is 6.10 Å². The molecule has 0 radical (unpaired) electrons. The SMILES string of the molecule is COc1ccc(-c2noc(CN3CCC(N4CCCC(O)C4)CC3)n2)cc1. The van der Waals surface area contributed by atoms with Gasteiger partial charge in [0.05, 0.1) is 19.8 Å². The Labute approximate surface area is 159 Å². The third kappa shape index (κ3) is 4.48. The average molecular weight is 372 g/mol. The second-order valence-electron chi connectivity index (χ2n) is 7.54. The number of rotatable bonds is 5. The Hall–Kier alpha value is -1.96. The summed E-state index contributed by atoms with van der Waals surface area (Å²) in [7, 11) is 1.65. The van der Waals surface area contributed by atoms with E-state index >= 15 is 0 Å². The topological polar surface area (TPSA) is 74.9 Å². The molecule has 1 aromatic carbocycles. The van der Waals surface area contributed by atoms with Crippen LogP contribution in [-0.4, -0.2) is 70.5 Å². The number of ether oxygens (including phenoxy) is 1. The summed E-state index contributed by atoms with van der Waals surface area (Å²) < 4.78 is 10.6. The van der Waals surface area contributed by atoms with Crippen LogP contribution in [0.2, 0.25) is 0 Å². The first-order valence-corrected chi connectivity index (χ1v) is 9.83. The molecule has 7 nitrogen and oxygen atoms in total. The number of methoxy groups -OCH3 is 1. The number of piperidine rings is 2. The molecule has 0 spiro atoms. The highest BCUT2D eigenvalue weighted by atomic mass is 16.5. The number of hydrogen-bond donors (Lipinski definition) is 1. The van der Waals surface area contributed by atoms with Crippen LogP contribution in [0, 0.1) is 0 Å². The van der Waals surface area contributed by atoms with Crippen molar-refractivity contribution in [3.8, 4) is 17.1 Å². The molecule has 2 aliphatic rings. The molecule has 2 aliphatic heterocycles. The number of aliphatic hydroxyl groups is 1. The summed E-state index contributed by atoms with van der Waals surface area (Å²) in [6, 6.07) is 8.26. The number of aliphatic hydroxyl groups excluding tert-OH is 1. The van der Waals surface area contributed by atoms with Gasteiger partial charge in [-0.15, -0.1) is 0 Å². The van der Waals surface area contributed by atoms with E-state index in [1.165, 1.54) is 0 Å². The fourth-order valence-corrected chi connectivity index (χ4v) is 4.13. The first-order chi connectivity index (χ1) is 13.2. The van der Waals surface area contributed by atoms with E-state index < -0.39 is 0 Å². The van der Waals surface area contributed by atoms with E-state index in [2.05, 4.69) is 19.9 Å². The lowest BCUT2D eigenvalue weighted by Gasteiger charge is -2.41. The molecule has 1 aromatic heterocycles. The fraction of sp³-hybridized carbons (Fsp3) is 0.600. The van der Waals surface area contributed by atoms with Gasteiger partial charge in [-0.3, -0.25) is 9.80 Å². The second kappa shape index (κ2) is 8.37. The summed E-state index contributed by atoms with van der Waals surface area (Å²) in [5, 5.41) is 14.0. The lowest BCUT2D eigenvalue weighted by Crippen LogP contribution is -2.49. The first kappa shape index (κ1) is 18.4. The lowest BCUT2D eigenvalue weighted by atomic mass is 9.99. The minimum absolute atomic E-state index is 0.147. The Bertz CT molecular complexity index is 725. The van der Waals surface area contributed by atoms with Crippen molar-refractivity contribution in [1.82, 2.24) is 19.9 Å². The molecule has 3 heterocycles. The maximum Gasteiger partial charge on any atom is 0.241 e. The van der Waals surface area contributed by atoms with Gasteiger partial charge in [0.2, 0.25) is 11.7 Å². The maximum atomic E-state index is 9.90. The van der Waals surface area contributed by atoms with Gasteiger partial charge in [-0.25, -0.2) is 0 Å². The molecule has 2 aromatic rings. The summed E-state index contributed by atoms with van der Waals surface area (Å²) in [5.74, 6) is 2.09. The highest BCUT2D eigenvalue weighted by molar-refractivity contribution is 5.55. The van der Waals surface area contributed by atoms with Crippen LogP contribution < -0.4 is 4.74 Å². The Kier molecular flexibility index (Phi) is 5.71. The summed E-state index contributed by atoms with van der Waals surface area (Å²) in [6.45, 7) is 4.70. The zero-order chi connectivity index (χ0) is 18.6. The average Bonchev–Trinajstić information content (AvgIpc) is 3.17. The van der Waals surface area contributed by atoms with Crippen LogP contribution >= 0.6 is 0 Å². The summed E-state index contributed by atoms with van der Waals surface area (Å²) in [6.07, 6.45) is 4.17. The molecule has 1 unspecified atom stereocenters. The van der Waals surface area contributed by atoms with Gasteiger partial charge in [0.25, 0.3) is 0 Å². The van der Waals surface area contributed by atoms with Gasteiger partial charge in [-0.05, 0) is 56.5 Å². The molecule has 0 aliphatic carbocycles. The Balaban J connectivity index is 1.30. The van der Waals surface area contributed by atoms with E-state index in [1.807, 2.05) is 24.3 Å². The van der Waals surface area contributed by atoms with Crippen molar-refractivity contribution in [2.45, 2.75) is 44.4 Å². The number of benzene rings is 1. The third-order valence-corrected chi connectivity index (χ3v) is 5.68. The molecule has 0 amide bonds. The first-order valence-electron chi connectivity index (χ1n) is 9.83. The van der Waals surface area contributed by atoms with Crippen molar-refractivity contribution >= 4 is 0 Å². The van der Waals surface area contributed by atoms with Gasteiger partial charge >= 0.3 is 0 Å². The van der Waals surface area contributed by atoms with Crippen LogP contribution in [0.25, 0.3) is 11.4 Å². The Morgan fingerprint density at radius 2 is 1.93 bits per heavy atom. The summed E-state index contributed by atoms with van der Waals surface area (Å²) in [4.78, 5) is 9.39. The maximum absolute atomic E-state index is 9.90. The van der Waals surface area contributed by atoms with Crippen molar-refractivity contribution in [2.24, 2.45) is 0 Å². The molecular weight excluding hydrogens is 344 g/mol. The van der Waals surface area contributed by atoms with Crippen LogP contribution in [0.4, 0.5) is 0 Å². The molecule has 1 N–H and O–H groups in total. The molecular formula is C20H28N4O3. The van der Waals surface area contributed by atoms with Gasteiger partial charge in [0.15, 0.2) is 0 Å². The molecule has 2 saturated heterocycles. The number of aromatic nitrogens is 2. The molecule has 27 heavy (non-hydrogen) atoms. The minimum atomic E-state index is -0.147. The van der Waals surface area contributed by atoms with Crippen LogP contribution in [0.15, 0.2) is 28.8 Å². The van der Waals surface area contributed by atoms with E-state index in [0.29, 0.717) is 24.3 Å². The predicted octanol–water partition coefficient (Wildman–Crippen LogP) is 2.17. The third-order valence-electron chi connectivity index (χ3n) is 5.68. The number of hydrogen-bond acceptors (Lipinski definition) is 7. The van der Waals surface area contributed by atoms with Crippen LogP contribution in [-0.2, 0) is 6.54 Å². The molecule has 7 heteroatoms. The van der Waals surface area contributed by atoms with Gasteiger partial charge < -0.3 is 14.4 Å². The number of likely N-dealkylation sites (tertiary alicyclic amines) is 2. The Morgan fingerprint density at radius 1 is 1.15 bits per heavy atom. The van der Waals surface area contributed by atoms with Gasteiger partial charge in [0, 0.05) is 31.2 Å². The lowest BCUT2D eigenvalue weighted by molar-refractivity contribution is 0.0231. The molecule has 0 bridgehead atoms. The summed E-state index contributed by atoms with van der Waals surface area (Å²) >= 11 is 0. The Morgan fingerprint density at radius 3 is 2.63 bits per heavy atom. The molecule has 1 atom stereocenters. The van der Waals surface area contributed by atoms with Crippen molar-refractivity contribution < 1.29 is 14.4 Å². The molecule has 0 saturated carbocycles. The normalized spacial score (nSPS) is 22.8. The number of nitrogens with zero attached hydrogens (tertiary/aromatic N) is 4. The molecule has 4 rings (SSSR count). The number of β-amino-alcohol motifs (C(OH)–C–C–N with tert-alkyl or cyclic N) is 1. The van der Waals surface area contributed by atoms with E-state index in [1.54, 1.807) is 7.11 Å². The van der Waals surface area contributed by atoms with Crippen molar-refractivity contribution in [3.05, 3.63) is 30.2 Å². The summed E-state index contributed by atoms with van der Waals surface area (Å²) in [5.41, 5.74) is 0.924. The highest BCUT2D eigenvalue weighted by Gasteiger charge is 2.28. The second-order valence-corrected chi connectivity index (χ2v) is 7.54. The van der Waals surface area contributed by atoms with Crippen LogP contribution in [0.5, 0.6) is 5.75 Å².